The number of carbonyl (C=O) groups excluding carboxylic acids is 1. The first kappa shape index (κ1) is 19.8. The molecule has 0 bridgehead atoms. The standard InChI is InChI=1S/C19H25N5O2.ClH/c1-24-19(22-18(23-24)14-6-9-20-10-7-14)21-17(25)12-16-15-5-3-2-4-13(15)8-11-26-16;/h2-5,14,16,20H,6-12H2,1H3,(H,21,22,23,25);1H. The summed E-state index contributed by atoms with van der Waals surface area (Å²) in [5.41, 5.74) is 2.38. The van der Waals surface area contributed by atoms with Gasteiger partial charge < -0.3 is 10.1 Å². The molecule has 1 aromatic heterocycles. The molecule has 1 saturated heterocycles. The van der Waals surface area contributed by atoms with Crippen molar-refractivity contribution in [1.29, 1.82) is 0 Å². The minimum Gasteiger partial charge on any atom is -0.373 e. The highest BCUT2D eigenvalue weighted by Crippen LogP contribution is 2.30. The molecule has 0 spiro atoms. The Morgan fingerprint density at radius 2 is 2.11 bits per heavy atom. The smallest absolute Gasteiger partial charge is 0.229 e. The Bertz CT molecular complexity index is 788. The van der Waals surface area contributed by atoms with E-state index in [1.54, 1.807) is 4.68 Å². The molecule has 27 heavy (non-hydrogen) atoms. The molecule has 0 radical (unpaired) electrons. The molecule has 1 aromatic carbocycles. The zero-order valence-corrected chi connectivity index (χ0v) is 16.3. The van der Waals surface area contributed by atoms with Crippen LogP contribution < -0.4 is 10.6 Å². The Morgan fingerprint density at radius 1 is 1.33 bits per heavy atom. The van der Waals surface area contributed by atoms with E-state index in [9.17, 15) is 4.79 Å². The average molecular weight is 392 g/mol. The summed E-state index contributed by atoms with van der Waals surface area (Å²) >= 11 is 0. The average Bonchev–Trinajstić information content (AvgIpc) is 3.03. The Kier molecular flexibility index (Phi) is 6.46. The Morgan fingerprint density at radius 3 is 2.93 bits per heavy atom. The second-order valence-corrected chi connectivity index (χ2v) is 7.00. The monoisotopic (exact) mass is 391 g/mol. The maximum absolute atomic E-state index is 12.5. The van der Waals surface area contributed by atoms with Crippen LogP contribution in [-0.4, -0.2) is 40.4 Å². The van der Waals surface area contributed by atoms with Gasteiger partial charge in [0.25, 0.3) is 0 Å². The van der Waals surface area contributed by atoms with Crippen LogP contribution in [-0.2, 0) is 23.0 Å². The molecule has 8 heteroatoms. The van der Waals surface area contributed by atoms with E-state index in [4.69, 9.17) is 4.74 Å². The normalized spacial score (nSPS) is 19.8. The van der Waals surface area contributed by atoms with Crippen molar-refractivity contribution in [3.05, 3.63) is 41.2 Å². The molecule has 0 saturated carbocycles. The fourth-order valence-electron chi connectivity index (χ4n) is 3.76. The first-order valence-corrected chi connectivity index (χ1v) is 9.31. The highest BCUT2D eigenvalue weighted by molar-refractivity contribution is 5.89. The van der Waals surface area contributed by atoms with E-state index in [1.165, 1.54) is 5.56 Å². The van der Waals surface area contributed by atoms with Gasteiger partial charge in [-0.05, 0) is 43.5 Å². The number of rotatable bonds is 4. The summed E-state index contributed by atoms with van der Waals surface area (Å²) < 4.78 is 7.49. The predicted molar refractivity (Wildman–Crippen MR) is 105 cm³/mol. The largest absolute Gasteiger partial charge is 0.373 e. The number of piperidine rings is 1. The third-order valence-electron chi connectivity index (χ3n) is 5.20. The maximum atomic E-state index is 12.5. The minimum atomic E-state index is -0.197. The zero-order chi connectivity index (χ0) is 17.9. The molecule has 2 aliphatic rings. The van der Waals surface area contributed by atoms with Crippen LogP contribution in [0.3, 0.4) is 0 Å². The summed E-state index contributed by atoms with van der Waals surface area (Å²) in [6.45, 7) is 2.63. The lowest BCUT2D eigenvalue weighted by Gasteiger charge is -2.25. The lowest BCUT2D eigenvalue weighted by molar-refractivity contribution is -0.119. The van der Waals surface area contributed by atoms with Crippen molar-refractivity contribution in [1.82, 2.24) is 20.1 Å². The van der Waals surface area contributed by atoms with Crippen molar-refractivity contribution in [3.8, 4) is 0 Å². The van der Waals surface area contributed by atoms with Gasteiger partial charge in [-0.2, -0.15) is 10.1 Å². The molecule has 2 aromatic rings. The number of halogens is 1. The molecule has 2 aliphatic heterocycles. The van der Waals surface area contributed by atoms with Gasteiger partial charge in [-0.1, -0.05) is 24.3 Å². The van der Waals surface area contributed by atoms with E-state index in [0.717, 1.165) is 43.7 Å². The molecule has 3 heterocycles. The van der Waals surface area contributed by atoms with Crippen LogP contribution in [0, 0.1) is 0 Å². The van der Waals surface area contributed by atoms with Crippen LogP contribution in [0.2, 0.25) is 0 Å². The summed E-state index contributed by atoms with van der Waals surface area (Å²) in [5.74, 6) is 1.59. The third-order valence-corrected chi connectivity index (χ3v) is 5.20. The molecule has 1 amide bonds. The first-order chi connectivity index (χ1) is 12.7. The van der Waals surface area contributed by atoms with Gasteiger partial charge in [0.2, 0.25) is 11.9 Å². The van der Waals surface area contributed by atoms with Crippen LogP contribution in [0.15, 0.2) is 24.3 Å². The third kappa shape index (κ3) is 4.48. The number of amides is 1. The molecule has 2 N–H and O–H groups in total. The Labute approximate surface area is 165 Å². The lowest BCUT2D eigenvalue weighted by atomic mass is 9.96. The molecule has 7 nitrogen and oxygen atoms in total. The highest BCUT2D eigenvalue weighted by atomic mass is 35.5. The zero-order valence-electron chi connectivity index (χ0n) is 15.5. The number of aromatic nitrogens is 3. The topological polar surface area (TPSA) is 81.1 Å². The number of carbonyl (C=O) groups is 1. The summed E-state index contributed by atoms with van der Waals surface area (Å²) in [7, 11) is 1.82. The van der Waals surface area contributed by atoms with Crippen molar-refractivity contribution in [2.75, 3.05) is 25.0 Å². The van der Waals surface area contributed by atoms with Crippen molar-refractivity contribution in [3.63, 3.8) is 0 Å². The van der Waals surface area contributed by atoms with Crippen LogP contribution in [0.4, 0.5) is 5.95 Å². The molecule has 1 fully saturated rings. The predicted octanol–water partition coefficient (Wildman–Crippen LogP) is 2.35. The fraction of sp³-hybridized carbons (Fsp3) is 0.526. The van der Waals surface area contributed by atoms with Gasteiger partial charge in [-0.15, -0.1) is 12.4 Å². The van der Waals surface area contributed by atoms with Gasteiger partial charge in [0, 0.05) is 13.0 Å². The summed E-state index contributed by atoms with van der Waals surface area (Å²) in [5, 5.41) is 10.8. The van der Waals surface area contributed by atoms with Crippen LogP contribution in [0.5, 0.6) is 0 Å². The molecule has 1 atom stereocenters. The van der Waals surface area contributed by atoms with Crippen LogP contribution in [0.25, 0.3) is 0 Å². The second-order valence-electron chi connectivity index (χ2n) is 7.00. The van der Waals surface area contributed by atoms with Gasteiger partial charge in [0.15, 0.2) is 5.82 Å². The summed E-state index contributed by atoms with van der Waals surface area (Å²) in [6, 6.07) is 8.18. The van der Waals surface area contributed by atoms with Crippen molar-refractivity contribution < 1.29 is 9.53 Å². The van der Waals surface area contributed by atoms with Gasteiger partial charge in [0.1, 0.15) is 0 Å². The minimum absolute atomic E-state index is 0. The summed E-state index contributed by atoms with van der Waals surface area (Å²) in [6.07, 6.45) is 3.05. The second kappa shape index (κ2) is 8.82. The van der Waals surface area contributed by atoms with Crippen LogP contribution in [0.1, 0.15) is 48.2 Å². The van der Waals surface area contributed by atoms with Gasteiger partial charge in [0.05, 0.1) is 19.1 Å². The number of nitrogens with zero attached hydrogens (tertiary/aromatic N) is 3. The van der Waals surface area contributed by atoms with E-state index >= 15 is 0 Å². The number of hydrogen-bond donors (Lipinski definition) is 2. The molecule has 146 valence electrons. The number of ether oxygens (including phenoxy) is 1. The highest BCUT2D eigenvalue weighted by Gasteiger charge is 2.25. The van der Waals surface area contributed by atoms with Gasteiger partial charge >= 0.3 is 0 Å². The molecule has 0 aliphatic carbocycles. The van der Waals surface area contributed by atoms with Gasteiger partial charge in [-0.25, -0.2) is 4.68 Å². The number of benzene rings is 1. The van der Waals surface area contributed by atoms with Crippen molar-refractivity contribution in [2.45, 2.75) is 37.7 Å². The number of nitrogens with one attached hydrogen (secondary N) is 2. The molecular weight excluding hydrogens is 366 g/mol. The van der Waals surface area contributed by atoms with Gasteiger partial charge in [-0.3, -0.25) is 10.1 Å². The molecular formula is C19H26ClN5O2. The molecule has 4 rings (SSSR count). The number of aryl methyl sites for hydroxylation is 1. The van der Waals surface area contributed by atoms with Crippen molar-refractivity contribution >= 4 is 24.3 Å². The quantitative estimate of drug-likeness (QED) is 0.836. The Hall–Kier alpha value is -1.96. The summed E-state index contributed by atoms with van der Waals surface area (Å²) in [4.78, 5) is 17.1. The van der Waals surface area contributed by atoms with E-state index < -0.39 is 0 Å². The van der Waals surface area contributed by atoms with Crippen LogP contribution >= 0.6 is 12.4 Å². The number of hydrogen-bond acceptors (Lipinski definition) is 5. The van der Waals surface area contributed by atoms with Crippen molar-refractivity contribution in [2.24, 2.45) is 7.05 Å². The first-order valence-electron chi connectivity index (χ1n) is 9.31. The van der Waals surface area contributed by atoms with E-state index in [0.29, 0.717) is 18.5 Å². The SMILES string of the molecule is Cl.Cn1nc(C2CCNCC2)nc1NC(=O)CC1OCCc2ccccc21. The maximum Gasteiger partial charge on any atom is 0.229 e. The Balaban J connectivity index is 0.00000210. The van der Waals surface area contributed by atoms with E-state index in [2.05, 4.69) is 26.8 Å². The fourth-order valence-corrected chi connectivity index (χ4v) is 3.76. The van der Waals surface area contributed by atoms with E-state index in [-0.39, 0.29) is 30.8 Å². The van der Waals surface area contributed by atoms with E-state index in [1.807, 2.05) is 25.2 Å². The number of anilines is 1. The number of fused-ring (bicyclic) bond motifs is 1. The molecule has 1 unspecified atom stereocenters. The lowest BCUT2D eigenvalue weighted by Crippen LogP contribution is -2.27.